The monoisotopic (exact) mass is 298 g/mol. The van der Waals surface area contributed by atoms with Crippen LogP contribution in [0.2, 0.25) is 0 Å². The molecule has 0 saturated heterocycles. The molecule has 2 heterocycles. The van der Waals surface area contributed by atoms with Gasteiger partial charge in [0.15, 0.2) is 0 Å². The van der Waals surface area contributed by atoms with E-state index in [4.69, 9.17) is 0 Å². The predicted octanol–water partition coefficient (Wildman–Crippen LogP) is 1.67. The molecule has 6 nitrogen and oxygen atoms in total. The molecule has 22 heavy (non-hydrogen) atoms. The van der Waals surface area contributed by atoms with Crippen LogP contribution in [0.5, 0.6) is 0 Å². The molecule has 1 aromatic carbocycles. The van der Waals surface area contributed by atoms with Gasteiger partial charge in [0, 0.05) is 24.6 Å². The predicted molar refractivity (Wildman–Crippen MR) is 84.8 cm³/mol. The van der Waals surface area contributed by atoms with Crippen molar-refractivity contribution in [2.45, 2.75) is 33.7 Å². The molecule has 0 aliphatic heterocycles. The van der Waals surface area contributed by atoms with Crippen LogP contribution in [-0.2, 0) is 6.54 Å². The van der Waals surface area contributed by atoms with Crippen LogP contribution in [0, 0.1) is 13.8 Å². The number of hydrogen-bond acceptors (Lipinski definition) is 3. The summed E-state index contributed by atoms with van der Waals surface area (Å²) in [6.45, 7) is 6.44. The Morgan fingerprint density at radius 2 is 1.73 bits per heavy atom. The van der Waals surface area contributed by atoms with Gasteiger partial charge in [-0.3, -0.25) is 9.36 Å². The average molecular weight is 298 g/mol. The first-order valence-corrected chi connectivity index (χ1v) is 7.31. The van der Waals surface area contributed by atoms with E-state index >= 15 is 0 Å². The van der Waals surface area contributed by atoms with Crippen LogP contribution in [0.4, 0.5) is 0 Å². The first kappa shape index (κ1) is 14.3. The third kappa shape index (κ3) is 2.26. The lowest BCUT2D eigenvalue weighted by Gasteiger charge is -2.07. The second kappa shape index (κ2) is 5.29. The van der Waals surface area contributed by atoms with E-state index in [1.807, 2.05) is 39.0 Å². The van der Waals surface area contributed by atoms with E-state index in [0.717, 1.165) is 23.2 Å². The molecule has 0 aliphatic rings. The number of aromatic nitrogens is 4. The van der Waals surface area contributed by atoms with Gasteiger partial charge in [0.25, 0.3) is 0 Å². The number of hydrogen-bond donors (Lipinski definition) is 0. The van der Waals surface area contributed by atoms with Gasteiger partial charge in [-0.05, 0) is 43.5 Å². The van der Waals surface area contributed by atoms with E-state index < -0.39 is 0 Å². The van der Waals surface area contributed by atoms with Gasteiger partial charge in [0.1, 0.15) is 0 Å². The fourth-order valence-corrected chi connectivity index (χ4v) is 2.66. The molecule has 0 amide bonds. The summed E-state index contributed by atoms with van der Waals surface area (Å²) in [6.07, 6.45) is 3.99. The standard InChI is InChI=1S/C16H18N4O2/c1-4-5-20-16(22)19-7-6-18(15(21)14(19)17-20)13-9-11(2)8-12(3)10-13/h6-10H,4-5H2,1-3H3. The number of nitrogens with zero attached hydrogens (tertiary/aromatic N) is 4. The van der Waals surface area contributed by atoms with E-state index in [2.05, 4.69) is 5.10 Å². The Morgan fingerprint density at radius 1 is 1.05 bits per heavy atom. The van der Waals surface area contributed by atoms with Crippen molar-refractivity contribution < 1.29 is 0 Å². The van der Waals surface area contributed by atoms with E-state index in [1.54, 1.807) is 12.4 Å². The van der Waals surface area contributed by atoms with Crippen LogP contribution < -0.4 is 11.2 Å². The molecule has 2 aromatic heterocycles. The normalized spacial score (nSPS) is 11.2. The van der Waals surface area contributed by atoms with Gasteiger partial charge in [0.05, 0.1) is 0 Å². The van der Waals surface area contributed by atoms with Crippen molar-refractivity contribution in [3.63, 3.8) is 0 Å². The Bertz CT molecular complexity index is 942. The van der Waals surface area contributed by atoms with E-state index in [0.29, 0.717) is 6.54 Å². The number of aryl methyl sites for hydroxylation is 3. The Kier molecular flexibility index (Phi) is 3.44. The van der Waals surface area contributed by atoms with Gasteiger partial charge < -0.3 is 0 Å². The summed E-state index contributed by atoms with van der Waals surface area (Å²) in [4.78, 5) is 24.8. The van der Waals surface area contributed by atoms with E-state index in [1.165, 1.54) is 13.6 Å². The molecule has 0 radical (unpaired) electrons. The van der Waals surface area contributed by atoms with E-state index in [9.17, 15) is 9.59 Å². The number of fused-ring (bicyclic) bond motifs is 1. The lowest BCUT2D eigenvalue weighted by atomic mass is 10.1. The minimum absolute atomic E-state index is 0.153. The average Bonchev–Trinajstić information content (AvgIpc) is 2.77. The van der Waals surface area contributed by atoms with E-state index in [-0.39, 0.29) is 16.9 Å². The Hall–Kier alpha value is -2.63. The van der Waals surface area contributed by atoms with Gasteiger partial charge in [-0.2, -0.15) is 0 Å². The molecule has 0 spiro atoms. The molecule has 6 heteroatoms. The van der Waals surface area contributed by atoms with Crippen LogP contribution in [0.15, 0.2) is 40.2 Å². The van der Waals surface area contributed by atoms with Crippen LogP contribution in [-0.4, -0.2) is 18.7 Å². The van der Waals surface area contributed by atoms with Crippen LogP contribution >= 0.6 is 0 Å². The Morgan fingerprint density at radius 3 is 2.36 bits per heavy atom. The molecule has 3 rings (SSSR count). The highest BCUT2D eigenvalue weighted by atomic mass is 16.2. The fraction of sp³-hybridized carbons (Fsp3) is 0.312. The fourth-order valence-electron chi connectivity index (χ4n) is 2.66. The first-order chi connectivity index (χ1) is 10.5. The van der Waals surface area contributed by atoms with Crippen molar-refractivity contribution in [2.75, 3.05) is 0 Å². The zero-order chi connectivity index (χ0) is 15.9. The van der Waals surface area contributed by atoms with Crippen molar-refractivity contribution in [3.05, 3.63) is 62.6 Å². The number of benzene rings is 1. The maximum absolute atomic E-state index is 12.6. The minimum Gasteiger partial charge on any atom is -0.280 e. The SMILES string of the molecule is CCCn1nc2c(=O)n(-c3cc(C)cc(C)c3)ccn2c1=O. The zero-order valence-electron chi connectivity index (χ0n) is 12.9. The quantitative estimate of drug-likeness (QED) is 0.739. The maximum Gasteiger partial charge on any atom is 0.350 e. The van der Waals surface area contributed by atoms with Gasteiger partial charge in [0.2, 0.25) is 5.65 Å². The van der Waals surface area contributed by atoms with Crippen LogP contribution in [0.3, 0.4) is 0 Å². The van der Waals surface area contributed by atoms with Gasteiger partial charge in [-0.1, -0.05) is 13.0 Å². The Balaban J connectivity index is 2.26. The first-order valence-electron chi connectivity index (χ1n) is 7.31. The third-order valence-corrected chi connectivity index (χ3v) is 3.57. The molecule has 3 aromatic rings. The number of rotatable bonds is 3. The van der Waals surface area contributed by atoms with Crippen LogP contribution in [0.25, 0.3) is 11.3 Å². The molecule has 0 atom stereocenters. The molecular weight excluding hydrogens is 280 g/mol. The van der Waals surface area contributed by atoms with Crippen molar-refractivity contribution in [3.8, 4) is 5.69 Å². The summed E-state index contributed by atoms with van der Waals surface area (Å²) >= 11 is 0. The van der Waals surface area contributed by atoms with Crippen molar-refractivity contribution >= 4 is 5.65 Å². The smallest absolute Gasteiger partial charge is 0.280 e. The molecule has 0 bridgehead atoms. The summed E-state index contributed by atoms with van der Waals surface area (Å²) in [5, 5.41) is 4.17. The van der Waals surface area contributed by atoms with Crippen LogP contribution in [0.1, 0.15) is 24.5 Å². The summed E-state index contributed by atoms with van der Waals surface area (Å²) in [5.41, 5.74) is 2.52. The van der Waals surface area contributed by atoms with Gasteiger partial charge in [-0.25, -0.2) is 13.9 Å². The molecule has 114 valence electrons. The van der Waals surface area contributed by atoms with Crippen molar-refractivity contribution in [1.29, 1.82) is 0 Å². The highest BCUT2D eigenvalue weighted by molar-refractivity contribution is 5.43. The lowest BCUT2D eigenvalue weighted by molar-refractivity contribution is 0.582. The molecular formula is C16H18N4O2. The van der Waals surface area contributed by atoms with Crippen molar-refractivity contribution in [2.24, 2.45) is 0 Å². The summed E-state index contributed by atoms with van der Waals surface area (Å²) in [5.74, 6) is 0. The summed E-state index contributed by atoms with van der Waals surface area (Å²) in [7, 11) is 0. The molecule has 0 saturated carbocycles. The zero-order valence-corrected chi connectivity index (χ0v) is 12.9. The second-order valence-corrected chi connectivity index (χ2v) is 5.52. The molecule has 0 aliphatic carbocycles. The summed E-state index contributed by atoms with van der Waals surface area (Å²) in [6, 6.07) is 5.92. The largest absolute Gasteiger partial charge is 0.350 e. The molecule has 0 N–H and O–H groups in total. The highest BCUT2D eigenvalue weighted by Crippen LogP contribution is 2.12. The molecule has 0 fully saturated rings. The minimum atomic E-state index is -0.292. The highest BCUT2D eigenvalue weighted by Gasteiger charge is 2.12. The van der Waals surface area contributed by atoms with Crippen molar-refractivity contribution in [1.82, 2.24) is 18.7 Å². The van der Waals surface area contributed by atoms with Gasteiger partial charge in [-0.15, -0.1) is 5.10 Å². The second-order valence-electron chi connectivity index (χ2n) is 5.52. The lowest BCUT2D eigenvalue weighted by Crippen LogP contribution is -2.24. The summed E-state index contributed by atoms with van der Waals surface area (Å²) < 4.78 is 4.16. The topological polar surface area (TPSA) is 61.3 Å². The maximum atomic E-state index is 12.6. The third-order valence-electron chi connectivity index (χ3n) is 3.57. The van der Waals surface area contributed by atoms with Gasteiger partial charge >= 0.3 is 11.2 Å². The Labute approximate surface area is 127 Å². The molecule has 0 unspecified atom stereocenters.